The average molecular weight is 275 g/mol. The van der Waals surface area contributed by atoms with Gasteiger partial charge < -0.3 is 10.8 Å². The fourth-order valence-electron chi connectivity index (χ4n) is 1.11. The summed E-state index contributed by atoms with van der Waals surface area (Å²) < 4.78 is 1.39. The van der Waals surface area contributed by atoms with E-state index in [1.807, 2.05) is 0 Å². The number of hydrogen-bond acceptors (Lipinski definition) is 3. The van der Waals surface area contributed by atoms with Gasteiger partial charge >= 0.3 is 5.97 Å². The van der Waals surface area contributed by atoms with Gasteiger partial charge in [-0.1, -0.05) is 0 Å². The van der Waals surface area contributed by atoms with Crippen molar-refractivity contribution in [2.24, 2.45) is 0 Å². The molecule has 1 unspecified atom stereocenters. The number of anilines is 1. The molecule has 1 atom stereocenters. The van der Waals surface area contributed by atoms with Gasteiger partial charge in [0.2, 0.25) is 0 Å². The minimum atomic E-state index is -1.08. The summed E-state index contributed by atoms with van der Waals surface area (Å²) in [4.78, 5) is 22.4. The zero-order valence-electron chi connectivity index (χ0n) is 8.32. The number of aromatic nitrogens is 1. The van der Waals surface area contributed by atoms with Crippen molar-refractivity contribution in [2.75, 3.05) is 5.73 Å². The van der Waals surface area contributed by atoms with E-state index in [1.165, 1.54) is 13.1 Å². The predicted molar refractivity (Wildman–Crippen MR) is 59.9 cm³/mol. The first-order valence-corrected chi connectivity index (χ1v) is 5.05. The SMILES string of the molecule is Cc1c(N)cn(C(C)C(=O)O)c(=O)c1Br. The molecule has 1 heterocycles. The summed E-state index contributed by atoms with van der Waals surface area (Å²) in [6.45, 7) is 3.11. The van der Waals surface area contributed by atoms with Gasteiger partial charge in [-0.3, -0.25) is 9.36 Å². The van der Waals surface area contributed by atoms with Gasteiger partial charge in [0.05, 0.1) is 10.2 Å². The molecule has 0 aromatic carbocycles. The number of hydrogen-bond donors (Lipinski definition) is 2. The smallest absolute Gasteiger partial charge is 0.326 e. The Bertz CT molecular complexity index is 467. The molecule has 6 heteroatoms. The molecule has 0 spiro atoms. The van der Waals surface area contributed by atoms with E-state index < -0.39 is 17.6 Å². The van der Waals surface area contributed by atoms with Gasteiger partial charge in [0, 0.05) is 6.20 Å². The summed E-state index contributed by atoms with van der Waals surface area (Å²) in [6.07, 6.45) is 1.35. The first-order valence-electron chi connectivity index (χ1n) is 4.25. The Kier molecular flexibility index (Phi) is 3.18. The van der Waals surface area contributed by atoms with Crippen LogP contribution < -0.4 is 11.3 Å². The molecule has 1 aromatic rings. The number of nitrogen functional groups attached to an aromatic ring is 1. The monoisotopic (exact) mass is 274 g/mol. The van der Waals surface area contributed by atoms with Crippen molar-refractivity contribution >= 4 is 27.6 Å². The van der Waals surface area contributed by atoms with Crippen LogP contribution in [0.15, 0.2) is 15.5 Å². The molecule has 15 heavy (non-hydrogen) atoms. The second-order valence-corrected chi connectivity index (χ2v) is 4.04. The number of carbonyl (C=O) groups is 1. The van der Waals surface area contributed by atoms with Crippen molar-refractivity contribution in [1.82, 2.24) is 4.57 Å². The average Bonchev–Trinajstić information content (AvgIpc) is 2.19. The highest BCUT2D eigenvalue weighted by Crippen LogP contribution is 2.18. The molecule has 0 aliphatic heterocycles. The number of carboxylic acids is 1. The molecule has 0 bridgehead atoms. The lowest BCUT2D eigenvalue weighted by molar-refractivity contribution is -0.140. The Morgan fingerprint density at radius 2 is 2.20 bits per heavy atom. The molecule has 1 aromatic heterocycles. The molecule has 0 aliphatic rings. The Hall–Kier alpha value is -1.30. The molecule has 3 N–H and O–H groups in total. The molecule has 0 aliphatic carbocycles. The van der Waals surface area contributed by atoms with Crippen LogP contribution in [0.5, 0.6) is 0 Å². The number of nitrogens with two attached hydrogens (primary N) is 1. The van der Waals surface area contributed by atoms with Gasteiger partial charge in [0.25, 0.3) is 5.56 Å². The van der Waals surface area contributed by atoms with Crippen LogP contribution >= 0.6 is 15.9 Å². The minimum absolute atomic E-state index is 0.301. The van der Waals surface area contributed by atoms with Crippen molar-refractivity contribution in [1.29, 1.82) is 0 Å². The number of carboxylic acid groups (broad SMARTS) is 1. The highest BCUT2D eigenvalue weighted by molar-refractivity contribution is 9.10. The van der Waals surface area contributed by atoms with Crippen molar-refractivity contribution in [3.8, 4) is 0 Å². The lowest BCUT2D eigenvalue weighted by Gasteiger charge is -2.13. The molecule has 0 amide bonds. The zero-order valence-corrected chi connectivity index (χ0v) is 9.91. The Morgan fingerprint density at radius 1 is 1.67 bits per heavy atom. The summed E-state index contributed by atoms with van der Waals surface area (Å²) >= 11 is 3.09. The van der Waals surface area contributed by atoms with Gasteiger partial charge in [-0.2, -0.15) is 0 Å². The highest BCUT2D eigenvalue weighted by Gasteiger charge is 2.17. The number of nitrogens with zero attached hydrogens (tertiary/aromatic N) is 1. The largest absolute Gasteiger partial charge is 0.480 e. The third kappa shape index (κ3) is 2.04. The van der Waals surface area contributed by atoms with Crippen LogP contribution in [0.4, 0.5) is 5.69 Å². The fourth-order valence-corrected chi connectivity index (χ4v) is 1.55. The van der Waals surface area contributed by atoms with Crippen molar-refractivity contribution in [3.63, 3.8) is 0 Å². The molecule has 5 nitrogen and oxygen atoms in total. The molecule has 0 saturated heterocycles. The standard InChI is InChI=1S/C9H11BrN2O3/c1-4-6(11)3-12(5(2)9(14)15)8(13)7(4)10/h3,5H,11H2,1-2H3,(H,14,15). The van der Waals surface area contributed by atoms with Gasteiger partial charge in [-0.15, -0.1) is 0 Å². The zero-order chi connectivity index (χ0) is 11.7. The van der Waals surface area contributed by atoms with Gasteiger partial charge in [-0.05, 0) is 35.3 Å². The molecule has 0 radical (unpaired) electrons. The Morgan fingerprint density at radius 3 is 2.67 bits per heavy atom. The Labute approximate surface area is 94.6 Å². The van der Waals surface area contributed by atoms with E-state index >= 15 is 0 Å². The maximum absolute atomic E-state index is 11.7. The minimum Gasteiger partial charge on any atom is -0.480 e. The summed E-state index contributed by atoms with van der Waals surface area (Å²) in [7, 11) is 0. The van der Waals surface area contributed by atoms with Gasteiger partial charge in [0.15, 0.2) is 0 Å². The molecular weight excluding hydrogens is 264 g/mol. The summed E-state index contributed by atoms with van der Waals surface area (Å²) in [6, 6.07) is -0.934. The number of pyridine rings is 1. The van der Waals surface area contributed by atoms with Crippen molar-refractivity contribution in [3.05, 3.63) is 26.6 Å². The third-order valence-corrected chi connectivity index (χ3v) is 3.17. The summed E-state index contributed by atoms with van der Waals surface area (Å²) in [5, 5.41) is 8.80. The topological polar surface area (TPSA) is 85.3 Å². The lowest BCUT2D eigenvalue weighted by Crippen LogP contribution is -2.29. The van der Waals surface area contributed by atoms with E-state index in [-0.39, 0.29) is 0 Å². The number of halogens is 1. The number of aliphatic carboxylic acids is 1. The van der Waals surface area contributed by atoms with E-state index in [0.29, 0.717) is 15.7 Å². The second kappa shape index (κ2) is 4.06. The first-order chi connectivity index (χ1) is 6.86. The normalized spacial score (nSPS) is 12.5. The molecule has 82 valence electrons. The third-order valence-electron chi connectivity index (χ3n) is 2.24. The van der Waals surface area contributed by atoms with E-state index in [0.717, 1.165) is 4.57 Å². The fraction of sp³-hybridized carbons (Fsp3) is 0.333. The van der Waals surface area contributed by atoms with Crippen LogP contribution in [-0.4, -0.2) is 15.6 Å². The van der Waals surface area contributed by atoms with E-state index in [1.54, 1.807) is 6.92 Å². The van der Waals surface area contributed by atoms with E-state index in [9.17, 15) is 9.59 Å². The van der Waals surface area contributed by atoms with Crippen LogP contribution in [0.25, 0.3) is 0 Å². The second-order valence-electron chi connectivity index (χ2n) is 3.25. The van der Waals surface area contributed by atoms with Gasteiger partial charge in [-0.25, -0.2) is 4.79 Å². The molecular formula is C9H11BrN2O3. The first kappa shape index (κ1) is 11.8. The van der Waals surface area contributed by atoms with Crippen molar-refractivity contribution < 1.29 is 9.90 Å². The van der Waals surface area contributed by atoms with Crippen LogP contribution in [0.2, 0.25) is 0 Å². The molecule has 0 saturated carbocycles. The van der Waals surface area contributed by atoms with Gasteiger partial charge in [0.1, 0.15) is 6.04 Å². The Balaban J connectivity index is 3.46. The van der Waals surface area contributed by atoms with E-state index in [2.05, 4.69) is 15.9 Å². The van der Waals surface area contributed by atoms with Crippen LogP contribution in [0.3, 0.4) is 0 Å². The molecule has 0 fully saturated rings. The molecule has 1 rings (SSSR count). The highest BCUT2D eigenvalue weighted by atomic mass is 79.9. The maximum Gasteiger partial charge on any atom is 0.326 e. The number of rotatable bonds is 2. The van der Waals surface area contributed by atoms with E-state index in [4.69, 9.17) is 10.8 Å². The van der Waals surface area contributed by atoms with Crippen molar-refractivity contribution in [2.45, 2.75) is 19.9 Å². The maximum atomic E-state index is 11.7. The van der Waals surface area contributed by atoms with Crippen LogP contribution in [0.1, 0.15) is 18.5 Å². The summed E-state index contributed by atoms with van der Waals surface area (Å²) in [5.74, 6) is -1.08. The van der Waals surface area contributed by atoms with Crippen LogP contribution in [-0.2, 0) is 4.79 Å². The summed E-state index contributed by atoms with van der Waals surface area (Å²) in [5.41, 5.74) is 6.26. The predicted octanol–water partition coefficient (Wildman–Crippen LogP) is 1.15. The lowest BCUT2D eigenvalue weighted by atomic mass is 10.2. The van der Waals surface area contributed by atoms with Crippen LogP contribution in [0, 0.1) is 6.92 Å². The quantitative estimate of drug-likeness (QED) is 0.847.